The van der Waals surface area contributed by atoms with Gasteiger partial charge < -0.3 is 25.2 Å². The van der Waals surface area contributed by atoms with E-state index < -0.39 is 0 Å². The summed E-state index contributed by atoms with van der Waals surface area (Å²) in [7, 11) is 0. The van der Waals surface area contributed by atoms with Crippen LogP contribution in [0.25, 0.3) is 20.3 Å². The summed E-state index contributed by atoms with van der Waals surface area (Å²) in [6.45, 7) is 0.394. The Balaban J connectivity index is 1.35. The van der Waals surface area contributed by atoms with Crippen LogP contribution in [0.1, 0.15) is 11.3 Å². The molecule has 0 fully saturated rings. The van der Waals surface area contributed by atoms with Crippen LogP contribution in [0.2, 0.25) is 5.02 Å². The summed E-state index contributed by atoms with van der Waals surface area (Å²) >= 11 is 8.02. The molecule has 11 heteroatoms. The van der Waals surface area contributed by atoms with E-state index in [2.05, 4.69) is 20.3 Å². The van der Waals surface area contributed by atoms with Crippen LogP contribution in [0.15, 0.2) is 67.1 Å². The molecule has 0 aliphatic rings. The predicted molar refractivity (Wildman–Crippen MR) is 153 cm³/mol. The first-order chi connectivity index (χ1) is 19.1. The molecule has 0 aliphatic carbocycles. The second-order valence-corrected chi connectivity index (χ2v) is 10.2. The van der Waals surface area contributed by atoms with Crippen molar-refractivity contribution in [2.45, 2.75) is 13.0 Å². The Hall–Kier alpha value is -3.83. The lowest BCUT2D eigenvalue weighted by atomic mass is 10.1. The number of nitrogens with zero attached hydrogens (tertiary/aromatic N) is 4. The minimum atomic E-state index is -0.151. The molecule has 0 spiro atoms. The number of aliphatic hydroxyl groups excluding tert-OH is 2. The van der Waals surface area contributed by atoms with E-state index in [9.17, 15) is 15.0 Å². The van der Waals surface area contributed by atoms with E-state index in [4.69, 9.17) is 16.3 Å². The lowest BCUT2D eigenvalue weighted by molar-refractivity contribution is -0.131. The third-order valence-electron chi connectivity index (χ3n) is 6.08. The number of nitrogens with one attached hydrogen (secondary N) is 1. The number of hydrogen-bond donors (Lipinski definition) is 3. The number of carbonyl (C=O) groups excluding carboxylic acids is 1. The minimum Gasteiger partial charge on any atom is -0.486 e. The van der Waals surface area contributed by atoms with Crippen molar-refractivity contribution in [2.24, 2.45) is 0 Å². The molecule has 0 unspecified atom stereocenters. The van der Waals surface area contributed by atoms with Gasteiger partial charge in [-0.25, -0.2) is 9.97 Å². The quantitative estimate of drug-likeness (QED) is 0.214. The van der Waals surface area contributed by atoms with Gasteiger partial charge in [0.1, 0.15) is 29.3 Å². The highest BCUT2D eigenvalue weighted by Gasteiger charge is 2.16. The van der Waals surface area contributed by atoms with Gasteiger partial charge in [-0.05, 0) is 42.0 Å². The van der Waals surface area contributed by atoms with Crippen molar-refractivity contribution in [1.82, 2.24) is 19.9 Å². The smallest absolute Gasteiger partial charge is 0.227 e. The van der Waals surface area contributed by atoms with Crippen molar-refractivity contribution in [1.29, 1.82) is 0 Å². The van der Waals surface area contributed by atoms with Crippen LogP contribution in [-0.4, -0.2) is 62.3 Å². The summed E-state index contributed by atoms with van der Waals surface area (Å²) in [5.74, 6) is 1.05. The normalized spacial score (nSPS) is 11.2. The predicted octanol–water partition coefficient (Wildman–Crippen LogP) is 4.57. The maximum absolute atomic E-state index is 12.7. The number of ether oxygens (including phenoxy) is 1. The standard InChI is InChI=1S/C28H26ClN5O4S/c29-22-15-19(5-7-23(22)38-16-20-3-1-2-8-30-20)33-27-26-21-6-4-18(13-24(21)39-28(26)32-17-31-27)14-25(37)34(9-11-35)10-12-36/h1-8,13,15,17,35-36H,9-12,14,16H2,(H,31,32,33). The molecule has 0 saturated heterocycles. The Kier molecular flexibility index (Phi) is 8.48. The number of pyridine rings is 1. The van der Waals surface area contributed by atoms with Gasteiger partial charge in [-0.15, -0.1) is 11.3 Å². The number of rotatable bonds is 11. The number of thiophene rings is 1. The van der Waals surface area contributed by atoms with E-state index in [0.29, 0.717) is 23.2 Å². The average molecular weight is 564 g/mol. The largest absolute Gasteiger partial charge is 0.486 e. The summed E-state index contributed by atoms with van der Waals surface area (Å²) in [4.78, 5) is 28.1. The lowest BCUT2D eigenvalue weighted by Gasteiger charge is -2.20. The zero-order valence-electron chi connectivity index (χ0n) is 20.9. The molecule has 0 atom stereocenters. The van der Waals surface area contributed by atoms with Gasteiger partial charge >= 0.3 is 0 Å². The molecule has 39 heavy (non-hydrogen) atoms. The molecular formula is C28H26ClN5O4S. The number of carbonyl (C=O) groups is 1. The molecule has 1 amide bonds. The Morgan fingerprint density at radius 3 is 2.62 bits per heavy atom. The number of aliphatic hydroxyl groups is 2. The van der Waals surface area contributed by atoms with Gasteiger partial charge in [-0.1, -0.05) is 29.8 Å². The van der Waals surface area contributed by atoms with Gasteiger partial charge in [0.15, 0.2) is 0 Å². The molecule has 0 aliphatic heterocycles. The van der Waals surface area contributed by atoms with Crippen LogP contribution in [-0.2, 0) is 17.8 Å². The Labute approximate surface area is 233 Å². The highest BCUT2D eigenvalue weighted by molar-refractivity contribution is 7.25. The molecule has 2 aromatic carbocycles. The zero-order valence-corrected chi connectivity index (χ0v) is 22.5. The second-order valence-electron chi connectivity index (χ2n) is 8.72. The molecule has 0 bridgehead atoms. The van der Waals surface area contributed by atoms with Gasteiger partial charge in [-0.2, -0.15) is 0 Å². The Morgan fingerprint density at radius 1 is 1.03 bits per heavy atom. The van der Waals surface area contributed by atoms with Crippen LogP contribution in [0.4, 0.5) is 11.5 Å². The van der Waals surface area contributed by atoms with Crippen LogP contribution < -0.4 is 10.1 Å². The number of anilines is 2. The van der Waals surface area contributed by atoms with Gasteiger partial charge in [0.05, 0.1) is 35.7 Å². The molecular weight excluding hydrogens is 538 g/mol. The summed E-state index contributed by atoms with van der Waals surface area (Å²) in [5, 5.41) is 24.1. The number of benzene rings is 2. The van der Waals surface area contributed by atoms with Gasteiger partial charge in [-0.3, -0.25) is 9.78 Å². The maximum Gasteiger partial charge on any atom is 0.227 e. The Bertz CT molecular complexity index is 1590. The third-order valence-corrected chi connectivity index (χ3v) is 7.43. The van der Waals surface area contributed by atoms with E-state index in [0.717, 1.165) is 37.2 Å². The molecule has 9 nitrogen and oxygen atoms in total. The van der Waals surface area contributed by atoms with E-state index in [1.54, 1.807) is 18.3 Å². The van der Waals surface area contributed by atoms with Crippen molar-refractivity contribution in [3.8, 4) is 5.75 Å². The van der Waals surface area contributed by atoms with Crippen LogP contribution in [0.3, 0.4) is 0 Å². The molecule has 5 aromatic rings. The maximum atomic E-state index is 12.7. The first-order valence-corrected chi connectivity index (χ1v) is 13.5. The van der Waals surface area contributed by atoms with E-state index >= 15 is 0 Å². The monoisotopic (exact) mass is 563 g/mol. The first kappa shape index (κ1) is 26.8. The van der Waals surface area contributed by atoms with E-state index in [-0.39, 0.29) is 38.6 Å². The first-order valence-electron chi connectivity index (χ1n) is 12.3. The van der Waals surface area contributed by atoms with Gasteiger partial charge in [0.2, 0.25) is 5.91 Å². The number of fused-ring (bicyclic) bond motifs is 3. The molecule has 3 aromatic heterocycles. The fourth-order valence-corrected chi connectivity index (χ4v) is 5.56. The fourth-order valence-electron chi connectivity index (χ4n) is 4.21. The molecule has 200 valence electrons. The van der Waals surface area contributed by atoms with Crippen molar-refractivity contribution in [3.63, 3.8) is 0 Å². The number of aromatic nitrogens is 3. The number of hydrogen-bond acceptors (Lipinski definition) is 9. The van der Waals surface area contributed by atoms with Crippen LogP contribution in [0.5, 0.6) is 5.75 Å². The lowest BCUT2D eigenvalue weighted by Crippen LogP contribution is -2.36. The third kappa shape index (κ3) is 6.26. The molecule has 0 radical (unpaired) electrons. The Morgan fingerprint density at radius 2 is 1.87 bits per heavy atom. The zero-order chi connectivity index (χ0) is 27.2. The van der Waals surface area contributed by atoms with Crippen molar-refractivity contribution < 1.29 is 19.7 Å². The van der Waals surface area contributed by atoms with Crippen LogP contribution in [0, 0.1) is 0 Å². The summed E-state index contributed by atoms with van der Waals surface area (Å²) < 4.78 is 6.80. The molecule has 0 saturated carbocycles. The van der Waals surface area contributed by atoms with Crippen molar-refractivity contribution in [2.75, 3.05) is 31.6 Å². The highest BCUT2D eigenvalue weighted by atomic mass is 35.5. The SMILES string of the molecule is O=C(Cc1ccc2c(c1)sc1ncnc(Nc3ccc(OCc4ccccn4)c(Cl)c3)c12)N(CCO)CCO. The molecule has 5 rings (SSSR count). The fraction of sp³-hybridized carbons (Fsp3) is 0.214. The molecule has 3 heterocycles. The second kappa shape index (κ2) is 12.4. The van der Waals surface area contributed by atoms with Crippen molar-refractivity contribution in [3.05, 3.63) is 83.4 Å². The van der Waals surface area contributed by atoms with E-state index in [1.807, 2.05) is 42.5 Å². The minimum absolute atomic E-state index is 0.148. The van der Waals surface area contributed by atoms with Crippen LogP contribution >= 0.6 is 22.9 Å². The van der Waals surface area contributed by atoms with E-state index in [1.165, 1.54) is 22.6 Å². The van der Waals surface area contributed by atoms with Gasteiger partial charge in [0.25, 0.3) is 0 Å². The van der Waals surface area contributed by atoms with Crippen molar-refractivity contribution >= 4 is 60.7 Å². The summed E-state index contributed by atoms with van der Waals surface area (Å²) in [5.41, 5.74) is 2.40. The molecule has 3 N–H and O–H groups in total. The summed E-state index contributed by atoms with van der Waals surface area (Å²) in [6.07, 6.45) is 3.41. The number of halogens is 1. The topological polar surface area (TPSA) is 121 Å². The summed E-state index contributed by atoms with van der Waals surface area (Å²) in [6, 6.07) is 17.0. The van der Waals surface area contributed by atoms with Gasteiger partial charge in [0, 0.05) is 35.1 Å². The average Bonchev–Trinajstić information content (AvgIpc) is 3.32. The number of amides is 1. The highest BCUT2D eigenvalue weighted by Crippen LogP contribution is 2.38.